The van der Waals surface area contributed by atoms with Gasteiger partial charge >= 0.3 is 0 Å². The predicted molar refractivity (Wildman–Crippen MR) is 111 cm³/mol. The van der Waals surface area contributed by atoms with Crippen LogP contribution in [-0.4, -0.2) is 11.0 Å². The maximum absolute atomic E-state index is 13.4. The highest BCUT2D eigenvalue weighted by Crippen LogP contribution is 2.47. The SMILES string of the molecule is Cc1ccc(C2=C(O)C(=O)N(c3ccc(F)cc3)[C@@H]2c2ccccc2Br)cc1. The van der Waals surface area contributed by atoms with Crippen molar-refractivity contribution in [3.8, 4) is 0 Å². The first-order valence-electron chi connectivity index (χ1n) is 8.81. The van der Waals surface area contributed by atoms with E-state index in [0.717, 1.165) is 21.2 Å². The molecule has 0 spiro atoms. The Balaban J connectivity index is 1.93. The first-order chi connectivity index (χ1) is 13.5. The van der Waals surface area contributed by atoms with E-state index in [1.165, 1.54) is 17.0 Å². The van der Waals surface area contributed by atoms with Crippen LogP contribution in [-0.2, 0) is 4.79 Å². The van der Waals surface area contributed by atoms with Crippen LogP contribution >= 0.6 is 15.9 Å². The second kappa shape index (κ2) is 7.24. The van der Waals surface area contributed by atoms with Gasteiger partial charge in [-0.2, -0.15) is 0 Å². The summed E-state index contributed by atoms with van der Waals surface area (Å²) in [6, 6.07) is 20.4. The van der Waals surface area contributed by atoms with Gasteiger partial charge in [0.05, 0.1) is 6.04 Å². The molecule has 1 aliphatic heterocycles. The summed E-state index contributed by atoms with van der Waals surface area (Å²) in [5.74, 6) is -1.19. The molecule has 4 rings (SSSR count). The highest BCUT2D eigenvalue weighted by Gasteiger charge is 2.42. The van der Waals surface area contributed by atoms with Gasteiger partial charge in [-0.05, 0) is 48.4 Å². The van der Waals surface area contributed by atoms with Crippen LogP contribution in [0.3, 0.4) is 0 Å². The minimum absolute atomic E-state index is 0.297. The standard InChI is InChI=1S/C23H17BrFNO2/c1-14-6-8-15(9-7-14)20-21(18-4-2-3-5-19(18)24)26(23(28)22(20)27)17-12-10-16(25)11-13-17/h2-13,21,27H,1H3/t21-/m1/s1. The zero-order valence-electron chi connectivity index (χ0n) is 15.1. The van der Waals surface area contributed by atoms with E-state index in [9.17, 15) is 14.3 Å². The normalized spacial score (nSPS) is 16.8. The fourth-order valence-corrected chi connectivity index (χ4v) is 3.99. The van der Waals surface area contributed by atoms with Gasteiger partial charge < -0.3 is 5.11 Å². The number of nitrogens with zero attached hydrogens (tertiary/aromatic N) is 1. The van der Waals surface area contributed by atoms with Crippen LogP contribution in [0.2, 0.25) is 0 Å². The fourth-order valence-electron chi connectivity index (χ4n) is 3.49. The quantitative estimate of drug-likeness (QED) is 0.549. The second-order valence-electron chi connectivity index (χ2n) is 6.70. The number of hydrogen-bond acceptors (Lipinski definition) is 2. The third-order valence-corrected chi connectivity index (χ3v) is 5.60. The van der Waals surface area contributed by atoms with Crippen LogP contribution in [0.5, 0.6) is 0 Å². The molecule has 0 fully saturated rings. The number of carbonyl (C=O) groups is 1. The van der Waals surface area contributed by atoms with Gasteiger partial charge in [-0.3, -0.25) is 9.69 Å². The van der Waals surface area contributed by atoms with E-state index in [-0.39, 0.29) is 11.6 Å². The molecule has 0 radical (unpaired) electrons. The lowest BCUT2D eigenvalue weighted by molar-refractivity contribution is -0.117. The van der Waals surface area contributed by atoms with Crippen molar-refractivity contribution in [2.45, 2.75) is 13.0 Å². The van der Waals surface area contributed by atoms with Crippen LogP contribution < -0.4 is 4.90 Å². The molecule has 0 saturated carbocycles. The molecule has 3 nitrogen and oxygen atoms in total. The Bertz CT molecular complexity index is 1070. The van der Waals surface area contributed by atoms with E-state index in [1.54, 1.807) is 12.1 Å². The van der Waals surface area contributed by atoms with Gasteiger partial charge in [0.15, 0.2) is 5.76 Å². The topological polar surface area (TPSA) is 40.5 Å². The monoisotopic (exact) mass is 437 g/mol. The van der Waals surface area contributed by atoms with E-state index in [1.807, 2.05) is 55.5 Å². The van der Waals surface area contributed by atoms with Crippen molar-refractivity contribution in [3.63, 3.8) is 0 Å². The number of hydrogen-bond donors (Lipinski definition) is 1. The van der Waals surface area contributed by atoms with Crippen LogP contribution in [0.25, 0.3) is 5.57 Å². The third kappa shape index (κ3) is 3.12. The average Bonchev–Trinajstić information content (AvgIpc) is 2.95. The van der Waals surface area contributed by atoms with Gasteiger partial charge in [-0.25, -0.2) is 4.39 Å². The molecule has 3 aromatic carbocycles. The maximum atomic E-state index is 13.4. The van der Waals surface area contributed by atoms with E-state index >= 15 is 0 Å². The van der Waals surface area contributed by atoms with E-state index in [0.29, 0.717) is 11.3 Å². The second-order valence-corrected chi connectivity index (χ2v) is 7.56. The minimum atomic E-state index is -0.545. The lowest BCUT2D eigenvalue weighted by Crippen LogP contribution is -2.30. The highest BCUT2D eigenvalue weighted by molar-refractivity contribution is 9.10. The molecule has 1 amide bonds. The molecular formula is C23H17BrFNO2. The van der Waals surface area contributed by atoms with E-state index < -0.39 is 11.9 Å². The van der Waals surface area contributed by atoms with Crippen molar-refractivity contribution in [2.75, 3.05) is 4.90 Å². The van der Waals surface area contributed by atoms with Gasteiger partial charge in [0.1, 0.15) is 5.82 Å². The predicted octanol–water partition coefficient (Wildman–Crippen LogP) is 5.95. The van der Waals surface area contributed by atoms with Crippen molar-refractivity contribution in [1.82, 2.24) is 0 Å². The lowest BCUT2D eigenvalue weighted by Gasteiger charge is -2.28. The summed E-state index contributed by atoms with van der Waals surface area (Å²) >= 11 is 3.57. The van der Waals surface area contributed by atoms with Crippen molar-refractivity contribution >= 4 is 33.1 Å². The molecule has 5 heteroatoms. The Labute approximate surface area is 170 Å². The first kappa shape index (κ1) is 18.4. The average molecular weight is 438 g/mol. The Morgan fingerprint density at radius 3 is 2.25 bits per heavy atom. The molecule has 1 N–H and O–H groups in total. The molecule has 1 aliphatic rings. The number of halogens is 2. The molecule has 0 unspecified atom stereocenters. The Morgan fingerprint density at radius 2 is 1.61 bits per heavy atom. The van der Waals surface area contributed by atoms with Crippen molar-refractivity contribution in [2.24, 2.45) is 0 Å². The molecule has 140 valence electrons. The number of aliphatic hydroxyl groups is 1. The zero-order valence-corrected chi connectivity index (χ0v) is 16.7. The molecule has 0 saturated heterocycles. The molecule has 1 atom stereocenters. The molecule has 0 aromatic heterocycles. The van der Waals surface area contributed by atoms with Gasteiger partial charge in [-0.15, -0.1) is 0 Å². The van der Waals surface area contributed by atoms with Gasteiger partial charge in [0.2, 0.25) is 0 Å². The number of aliphatic hydroxyl groups excluding tert-OH is 1. The fraction of sp³-hybridized carbons (Fsp3) is 0.0870. The summed E-state index contributed by atoms with van der Waals surface area (Å²) < 4.78 is 14.3. The summed E-state index contributed by atoms with van der Waals surface area (Å²) in [7, 11) is 0. The number of carbonyl (C=O) groups excluding carboxylic acids is 1. The highest BCUT2D eigenvalue weighted by atomic mass is 79.9. The summed E-state index contributed by atoms with van der Waals surface area (Å²) in [4.78, 5) is 14.5. The first-order valence-corrected chi connectivity index (χ1v) is 9.60. The number of amides is 1. The Hall–Kier alpha value is -2.92. The molecule has 0 aliphatic carbocycles. The zero-order chi connectivity index (χ0) is 19.8. The number of anilines is 1. The van der Waals surface area contributed by atoms with E-state index in [4.69, 9.17) is 0 Å². The summed E-state index contributed by atoms with van der Waals surface area (Å²) in [5, 5.41) is 10.8. The van der Waals surface area contributed by atoms with Crippen molar-refractivity contribution in [1.29, 1.82) is 0 Å². The van der Waals surface area contributed by atoms with Gasteiger partial charge in [0, 0.05) is 15.7 Å². The third-order valence-electron chi connectivity index (χ3n) is 4.88. The van der Waals surface area contributed by atoms with Crippen molar-refractivity contribution < 1.29 is 14.3 Å². The summed E-state index contributed by atoms with van der Waals surface area (Å²) in [5.41, 5.74) is 3.73. The molecule has 28 heavy (non-hydrogen) atoms. The van der Waals surface area contributed by atoms with Gasteiger partial charge in [-0.1, -0.05) is 64.0 Å². The van der Waals surface area contributed by atoms with Crippen LogP contribution in [0.15, 0.2) is 83.0 Å². The Morgan fingerprint density at radius 1 is 0.964 bits per heavy atom. The largest absolute Gasteiger partial charge is 0.503 e. The van der Waals surface area contributed by atoms with E-state index in [2.05, 4.69) is 15.9 Å². The van der Waals surface area contributed by atoms with Crippen molar-refractivity contribution in [3.05, 3.63) is 106 Å². The molecule has 1 heterocycles. The van der Waals surface area contributed by atoms with Crippen LogP contribution in [0, 0.1) is 12.7 Å². The number of rotatable bonds is 3. The van der Waals surface area contributed by atoms with Crippen LogP contribution in [0.4, 0.5) is 10.1 Å². The lowest BCUT2D eigenvalue weighted by atomic mass is 9.93. The maximum Gasteiger partial charge on any atom is 0.294 e. The molecule has 0 bridgehead atoms. The summed E-state index contributed by atoms with van der Waals surface area (Å²) in [6.07, 6.45) is 0. The van der Waals surface area contributed by atoms with Crippen LogP contribution in [0.1, 0.15) is 22.7 Å². The number of aryl methyl sites for hydroxylation is 1. The number of benzene rings is 3. The molecule has 3 aromatic rings. The smallest absolute Gasteiger partial charge is 0.294 e. The van der Waals surface area contributed by atoms with Gasteiger partial charge in [0.25, 0.3) is 5.91 Å². The summed E-state index contributed by atoms with van der Waals surface area (Å²) in [6.45, 7) is 1.98. The molecular weight excluding hydrogens is 421 g/mol. The minimum Gasteiger partial charge on any atom is -0.503 e. The Kier molecular flexibility index (Phi) is 4.77.